The van der Waals surface area contributed by atoms with Crippen molar-refractivity contribution in [2.75, 3.05) is 0 Å². The second-order valence-electron chi connectivity index (χ2n) is 4.57. The van der Waals surface area contributed by atoms with Crippen LogP contribution in [0.2, 0.25) is 0 Å². The minimum absolute atomic E-state index is 0.293. The molecule has 84 valence electrons. The summed E-state index contributed by atoms with van der Waals surface area (Å²) in [7, 11) is 0. The third-order valence-electron chi connectivity index (χ3n) is 3.59. The molecule has 0 saturated heterocycles. The van der Waals surface area contributed by atoms with E-state index in [4.69, 9.17) is 0 Å². The number of rotatable bonds is 1. The molecule has 1 aromatic rings. The molecule has 0 aromatic heterocycles. The van der Waals surface area contributed by atoms with Gasteiger partial charge in [0.15, 0.2) is 0 Å². The number of hydrogen-bond donors (Lipinski definition) is 1. The van der Waals surface area contributed by atoms with Gasteiger partial charge in [-0.2, -0.15) is 5.26 Å². The monoisotopic (exact) mass is 279 g/mol. The van der Waals surface area contributed by atoms with E-state index in [2.05, 4.69) is 22.0 Å². The van der Waals surface area contributed by atoms with E-state index in [9.17, 15) is 10.4 Å². The largest absolute Gasteiger partial charge is 0.507 e. The lowest BCUT2D eigenvalue weighted by atomic mass is 9.64. The zero-order valence-corrected chi connectivity index (χ0v) is 11.1. The van der Waals surface area contributed by atoms with Crippen LogP contribution in [0.5, 0.6) is 5.75 Å². The fourth-order valence-corrected chi connectivity index (χ4v) is 2.94. The van der Waals surface area contributed by atoms with Gasteiger partial charge >= 0.3 is 0 Å². The molecule has 0 atom stereocenters. The summed E-state index contributed by atoms with van der Waals surface area (Å²) in [4.78, 5) is 0. The maximum Gasteiger partial charge on any atom is 0.123 e. The summed E-state index contributed by atoms with van der Waals surface area (Å²) in [5.41, 5.74) is 2.19. The third kappa shape index (κ3) is 1.44. The van der Waals surface area contributed by atoms with Crippen molar-refractivity contribution in [3.63, 3.8) is 0 Å². The second-order valence-corrected chi connectivity index (χ2v) is 5.43. The lowest BCUT2D eigenvalue weighted by Gasteiger charge is -2.37. The van der Waals surface area contributed by atoms with Gasteiger partial charge in [0.2, 0.25) is 0 Å². The quantitative estimate of drug-likeness (QED) is 0.852. The molecule has 0 heterocycles. The average Bonchev–Trinajstić information content (AvgIpc) is 2.19. The lowest BCUT2D eigenvalue weighted by molar-refractivity contribution is 0.309. The Labute approximate surface area is 104 Å². The number of hydrogen-bond acceptors (Lipinski definition) is 2. The van der Waals surface area contributed by atoms with Crippen LogP contribution in [0, 0.1) is 25.2 Å². The van der Waals surface area contributed by atoms with Crippen LogP contribution in [0.1, 0.15) is 36.0 Å². The summed E-state index contributed by atoms with van der Waals surface area (Å²) in [6.45, 7) is 3.82. The summed E-state index contributed by atoms with van der Waals surface area (Å²) >= 11 is 3.49. The Hall–Kier alpha value is -1.01. The number of nitriles is 1. The molecule has 0 unspecified atom stereocenters. The summed E-state index contributed by atoms with van der Waals surface area (Å²) in [5, 5.41) is 19.5. The first-order valence-corrected chi connectivity index (χ1v) is 6.21. The molecule has 0 aliphatic heterocycles. The summed E-state index contributed by atoms with van der Waals surface area (Å²) in [5.74, 6) is 0.293. The first kappa shape index (κ1) is 11.5. The topological polar surface area (TPSA) is 44.0 Å². The lowest BCUT2D eigenvalue weighted by Crippen LogP contribution is -2.33. The van der Waals surface area contributed by atoms with Crippen molar-refractivity contribution in [2.45, 2.75) is 38.5 Å². The summed E-state index contributed by atoms with van der Waals surface area (Å²) < 4.78 is 0.972. The first-order valence-electron chi connectivity index (χ1n) is 5.42. The average molecular weight is 280 g/mol. The molecule has 3 heteroatoms. The van der Waals surface area contributed by atoms with E-state index in [1.165, 1.54) is 0 Å². The van der Waals surface area contributed by atoms with Crippen molar-refractivity contribution < 1.29 is 5.11 Å². The van der Waals surface area contributed by atoms with Gasteiger partial charge in [-0.05, 0) is 50.3 Å². The van der Waals surface area contributed by atoms with Crippen molar-refractivity contribution in [3.8, 4) is 11.8 Å². The molecule has 0 spiro atoms. The molecular formula is C13H14BrNO. The Morgan fingerprint density at radius 3 is 2.50 bits per heavy atom. The van der Waals surface area contributed by atoms with E-state index in [0.29, 0.717) is 5.75 Å². The fraction of sp³-hybridized carbons (Fsp3) is 0.462. The highest BCUT2D eigenvalue weighted by atomic mass is 79.9. The van der Waals surface area contributed by atoms with E-state index in [-0.39, 0.29) is 0 Å². The summed E-state index contributed by atoms with van der Waals surface area (Å²) in [6, 6.07) is 4.29. The van der Waals surface area contributed by atoms with Crippen LogP contribution in [0.4, 0.5) is 0 Å². The highest BCUT2D eigenvalue weighted by Crippen LogP contribution is 2.49. The summed E-state index contributed by atoms with van der Waals surface area (Å²) in [6.07, 6.45) is 2.78. The second kappa shape index (κ2) is 3.78. The molecule has 16 heavy (non-hydrogen) atoms. The van der Waals surface area contributed by atoms with Gasteiger partial charge in [-0.1, -0.05) is 15.9 Å². The molecule has 2 nitrogen and oxygen atoms in total. The number of phenols is 1. The Morgan fingerprint density at radius 2 is 2.06 bits per heavy atom. The Bertz CT molecular complexity index is 457. The van der Waals surface area contributed by atoms with E-state index >= 15 is 0 Å². The molecule has 1 saturated carbocycles. The number of phenolic OH excluding ortho intramolecular Hbond substituents is 1. The van der Waals surface area contributed by atoms with Gasteiger partial charge in [0.05, 0.1) is 11.5 Å². The normalized spacial score (nSPS) is 17.6. The van der Waals surface area contributed by atoms with Crippen LogP contribution in [-0.2, 0) is 5.41 Å². The standard InChI is InChI=1S/C13H14BrNO/c1-8-6-10(14)9(2)11(12(8)16)13(7-15)4-3-5-13/h6,16H,3-5H2,1-2H3. The number of benzene rings is 1. The first-order chi connectivity index (χ1) is 7.52. The molecular weight excluding hydrogens is 266 g/mol. The maximum atomic E-state index is 10.2. The predicted molar refractivity (Wildman–Crippen MR) is 66.4 cm³/mol. The number of aryl methyl sites for hydroxylation is 1. The number of halogens is 1. The Kier molecular flexibility index (Phi) is 2.71. The predicted octanol–water partition coefficient (Wildman–Crippen LogP) is 3.72. The molecule has 1 aliphatic carbocycles. The molecule has 0 amide bonds. The number of nitrogens with zero attached hydrogens (tertiary/aromatic N) is 1. The van der Waals surface area contributed by atoms with Crippen LogP contribution in [0.3, 0.4) is 0 Å². The zero-order chi connectivity index (χ0) is 11.9. The van der Waals surface area contributed by atoms with Gasteiger partial charge in [0.1, 0.15) is 5.75 Å². The van der Waals surface area contributed by atoms with Gasteiger partial charge in [-0.15, -0.1) is 0 Å². The van der Waals surface area contributed by atoms with E-state index in [1.54, 1.807) is 0 Å². The van der Waals surface area contributed by atoms with Gasteiger partial charge < -0.3 is 5.11 Å². The van der Waals surface area contributed by atoms with Crippen molar-refractivity contribution in [1.82, 2.24) is 0 Å². The Morgan fingerprint density at radius 1 is 1.44 bits per heavy atom. The maximum absolute atomic E-state index is 10.2. The molecule has 1 fully saturated rings. The number of aromatic hydroxyl groups is 1. The van der Waals surface area contributed by atoms with Crippen molar-refractivity contribution >= 4 is 15.9 Å². The molecule has 1 N–H and O–H groups in total. The smallest absolute Gasteiger partial charge is 0.123 e. The van der Waals surface area contributed by atoms with E-state index in [0.717, 1.165) is 40.4 Å². The fourth-order valence-electron chi connectivity index (χ4n) is 2.39. The van der Waals surface area contributed by atoms with Crippen molar-refractivity contribution in [3.05, 3.63) is 27.2 Å². The van der Waals surface area contributed by atoms with Crippen molar-refractivity contribution in [1.29, 1.82) is 5.26 Å². The van der Waals surface area contributed by atoms with Crippen LogP contribution >= 0.6 is 15.9 Å². The molecule has 1 aliphatic rings. The van der Waals surface area contributed by atoms with Crippen LogP contribution < -0.4 is 0 Å². The molecule has 1 aromatic carbocycles. The van der Waals surface area contributed by atoms with Crippen LogP contribution in [-0.4, -0.2) is 5.11 Å². The minimum Gasteiger partial charge on any atom is -0.507 e. The van der Waals surface area contributed by atoms with Gasteiger partial charge in [0, 0.05) is 10.0 Å². The van der Waals surface area contributed by atoms with Gasteiger partial charge in [-0.25, -0.2) is 0 Å². The highest BCUT2D eigenvalue weighted by molar-refractivity contribution is 9.10. The highest BCUT2D eigenvalue weighted by Gasteiger charge is 2.42. The SMILES string of the molecule is Cc1cc(Br)c(C)c(C2(C#N)CCC2)c1O. The van der Waals surface area contributed by atoms with E-state index < -0.39 is 5.41 Å². The van der Waals surface area contributed by atoms with Crippen LogP contribution in [0.25, 0.3) is 0 Å². The van der Waals surface area contributed by atoms with Crippen LogP contribution in [0.15, 0.2) is 10.5 Å². The third-order valence-corrected chi connectivity index (χ3v) is 4.41. The van der Waals surface area contributed by atoms with Gasteiger partial charge in [0.25, 0.3) is 0 Å². The molecule has 2 rings (SSSR count). The minimum atomic E-state index is -0.456. The van der Waals surface area contributed by atoms with E-state index in [1.807, 2.05) is 19.9 Å². The molecule has 0 bridgehead atoms. The zero-order valence-electron chi connectivity index (χ0n) is 9.47. The van der Waals surface area contributed by atoms with Gasteiger partial charge in [-0.3, -0.25) is 0 Å². The Balaban J connectivity index is 2.69. The molecule has 0 radical (unpaired) electrons. The van der Waals surface area contributed by atoms with Crippen molar-refractivity contribution in [2.24, 2.45) is 0 Å².